The second kappa shape index (κ2) is 6.32. The van der Waals surface area contributed by atoms with Gasteiger partial charge in [0, 0.05) is 12.1 Å². The number of likely N-dealkylation sites (tertiary alicyclic amines) is 1. The number of hydrogen-bond acceptors (Lipinski definition) is 4. The van der Waals surface area contributed by atoms with Crippen molar-refractivity contribution in [1.29, 1.82) is 0 Å². The smallest absolute Gasteiger partial charge is 0.227 e. The van der Waals surface area contributed by atoms with E-state index in [0.717, 1.165) is 12.1 Å². The highest BCUT2D eigenvalue weighted by Crippen LogP contribution is 2.33. The van der Waals surface area contributed by atoms with Gasteiger partial charge in [0.15, 0.2) is 11.6 Å². The Bertz CT molecular complexity index is 756. The molecule has 2 aromatic rings. The third-order valence-electron chi connectivity index (χ3n) is 4.44. The van der Waals surface area contributed by atoms with Crippen molar-refractivity contribution in [2.24, 2.45) is 0 Å². The van der Waals surface area contributed by atoms with E-state index in [1.807, 2.05) is 0 Å². The largest absolute Gasteiger partial charge is 0.391 e. The predicted octanol–water partition coefficient (Wildman–Crippen LogP) is 2.45. The Morgan fingerprint density at radius 3 is 2.75 bits per heavy atom. The monoisotopic (exact) mass is 336 g/mol. The number of aliphatic hydroxyl groups excluding tert-OH is 1. The highest BCUT2D eigenvalue weighted by atomic mass is 19.2. The first-order chi connectivity index (χ1) is 11.4. The number of halogens is 2. The van der Waals surface area contributed by atoms with Crippen molar-refractivity contribution in [3.8, 4) is 0 Å². The van der Waals surface area contributed by atoms with Gasteiger partial charge in [0.1, 0.15) is 5.76 Å². The van der Waals surface area contributed by atoms with Crippen LogP contribution in [0.4, 0.5) is 8.78 Å². The van der Waals surface area contributed by atoms with Gasteiger partial charge in [-0.25, -0.2) is 8.78 Å². The van der Waals surface area contributed by atoms with Crippen molar-refractivity contribution in [3.63, 3.8) is 0 Å². The number of aryl methyl sites for hydroxylation is 2. The Balaban J connectivity index is 1.84. The molecule has 0 spiro atoms. The van der Waals surface area contributed by atoms with Crippen LogP contribution in [0.1, 0.15) is 35.0 Å². The van der Waals surface area contributed by atoms with E-state index in [1.165, 1.54) is 11.0 Å². The SMILES string of the molecule is Cc1noc(C)c1CC(=O)N1C[C@H](O)C[C@H]1c1ccc(F)c(F)c1. The number of hydrogen-bond donors (Lipinski definition) is 1. The summed E-state index contributed by atoms with van der Waals surface area (Å²) in [5.74, 6) is -1.54. The zero-order valence-corrected chi connectivity index (χ0v) is 13.4. The minimum Gasteiger partial charge on any atom is -0.391 e. The molecule has 1 amide bonds. The molecule has 3 rings (SSSR count). The fraction of sp³-hybridized carbons (Fsp3) is 0.412. The third-order valence-corrected chi connectivity index (χ3v) is 4.44. The number of aliphatic hydroxyl groups is 1. The van der Waals surface area contributed by atoms with E-state index >= 15 is 0 Å². The van der Waals surface area contributed by atoms with Crippen LogP contribution in [0.5, 0.6) is 0 Å². The molecule has 1 fully saturated rings. The predicted molar refractivity (Wildman–Crippen MR) is 81.1 cm³/mol. The number of carbonyl (C=O) groups excluding carboxylic acids is 1. The molecule has 1 aliphatic heterocycles. The summed E-state index contributed by atoms with van der Waals surface area (Å²) < 4.78 is 31.7. The molecule has 0 aliphatic carbocycles. The number of amides is 1. The molecule has 0 unspecified atom stereocenters. The minimum absolute atomic E-state index is 0.0913. The number of rotatable bonds is 3. The molecule has 1 aromatic heterocycles. The maximum atomic E-state index is 13.5. The molecule has 5 nitrogen and oxygen atoms in total. The van der Waals surface area contributed by atoms with Crippen LogP contribution in [0.15, 0.2) is 22.7 Å². The van der Waals surface area contributed by atoms with Gasteiger partial charge in [0.2, 0.25) is 5.91 Å². The summed E-state index contributed by atoms with van der Waals surface area (Å²) >= 11 is 0. The molecular weight excluding hydrogens is 318 g/mol. The highest BCUT2D eigenvalue weighted by Gasteiger charge is 2.36. The van der Waals surface area contributed by atoms with Crippen LogP contribution in [-0.2, 0) is 11.2 Å². The summed E-state index contributed by atoms with van der Waals surface area (Å²) in [4.78, 5) is 14.2. The van der Waals surface area contributed by atoms with Gasteiger partial charge in [-0.1, -0.05) is 11.2 Å². The lowest BCUT2D eigenvalue weighted by molar-refractivity contribution is -0.131. The average molecular weight is 336 g/mol. The van der Waals surface area contributed by atoms with Crippen LogP contribution >= 0.6 is 0 Å². The Morgan fingerprint density at radius 2 is 2.12 bits per heavy atom. The molecule has 0 radical (unpaired) electrons. The molecule has 128 valence electrons. The summed E-state index contributed by atoms with van der Waals surface area (Å²) in [6, 6.07) is 3.07. The first-order valence-corrected chi connectivity index (χ1v) is 7.71. The fourth-order valence-electron chi connectivity index (χ4n) is 3.13. The molecule has 1 aromatic carbocycles. The van der Waals surface area contributed by atoms with Crippen LogP contribution in [0, 0.1) is 25.5 Å². The highest BCUT2D eigenvalue weighted by molar-refractivity contribution is 5.80. The third kappa shape index (κ3) is 3.03. The van der Waals surface area contributed by atoms with Crippen molar-refractivity contribution in [1.82, 2.24) is 10.1 Å². The Morgan fingerprint density at radius 1 is 1.38 bits per heavy atom. The van der Waals surface area contributed by atoms with Gasteiger partial charge < -0.3 is 14.5 Å². The lowest BCUT2D eigenvalue weighted by atomic mass is 10.0. The van der Waals surface area contributed by atoms with E-state index in [1.54, 1.807) is 13.8 Å². The fourth-order valence-corrected chi connectivity index (χ4v) is 3.13. The Kier molecular flexibility index (Phi) is 4.36. The average Bonchev–Trinajstić information content (AvgIpc) is 3.07. The summed E-state index contributed by atoms with van der Waals surface area (Å²) in [7, 11) is 0. The number of nitrogens with zero attached hydrogens (tertiary/aromatic N) is 2. The van der Waals surface area contributed by atoms with Gasteiger partial charge in [-0.05, 0) is 38.0 Å². The zero-order valence-electron chi connectivity index (χ0n) is 13.4. The van der Waals surface area contributed by atoms with Gasteiger partial charge in [-0.2, -0.15) is 0 Å². The number of β-amino-alcohol motifs (C(OH)–C–C–N with tert-alkyl or cyclic N) is 1. The van der Waals surface area contributed by atoms with Crippen LogP contribution in [0.2, 0.25) is 0 Å². The van der Waals surface area contributed by atoms with Gasteiger partial charge in [0.25, 0.3) is 0 Å². The first kappa shape index (κ1) is 16.6. The van der Waals surface area contributed by atoms with E-state index in [-0.39, 0.29) is 18.9 Å². The summed E-state index contributed by atoms with van der Waals surface area (Å²) in [6.45, 7) is 3.64. The molecular formula is C17H18F2N2O3. The lowest BCUT2D eigenvalue weighted by Gasteiger charge is -2.25. The number of carbonyl (C=O) groups is 1. The Labute approximate surface area is 137 Å². The van der Waals surface area contributed by atoms with Gasteiger partial charge >= 0.3 is 0 Å². The lowest BCUT2D eigenvalue weighted by Crippen LogP contribution is -2.33. The molecule has 1 saturated heterocycles. The maximum Gasteiger partial charge on any atom is 0.227 e. The second-order valence-electron chi connectivity index (χ2n) is 6.10. The topological polar surface area (TPSA) is 66.6 Å². The van der Waals surface area contributed by atoms with Crippen LogP contribution in [-0.4, -0.2) is 33.7 Å². The number of aromatic nitrogens is 1. The number of benzene rings is 1. The quantitative estimate of drug-likeness (QED) is 0.935. The van der Waals surface area contributed by atoms with Crippen LogP contribution in [0.3, 0.4) is 0 Å². The molecule has 1 aliphatic rings. The van der Waals surface area contributed by atoms with Gasteiger partial charge in [-0.3, -0.25) is 4.79 Å². The Hall–Kier alpha value is -2.28. The first-order valence-electron chi connectivity index (χ1n) is 7.71. The normalized spacial score (nSPS) is 20.6. The molecule has 0 bridgehead atoms. The standard InChI is InChI=1S/C17H18F2N2O3/c1-9-13(10(2)24-20-9)7-17(23)21-8-12(22)6-16(21)11-3-4-14(18)15(19)5-11/h3-5,12,16,22H,6-8H2,1-2H3/t12-,16+/m1/s1. The van der Waals surface area contributed by atoms with Crippen molar-refractivity contribution in [3.05, 3.63) is 52.4 Å². The van der Waals surface area contributed by atoms with E-state index < -0.39 is 23.8 Å². The molecule has 2 heterocycles. The van der Waals surface area contributed by atoms with E-state index in [0.29, 0.717) is 29.0 Å². The van der Waals surface area contributed by atoms with Crippen molar-refractivity contribution in [2.75, 3.05) is 6.54 Å². The maximum absolute atomic E-state index is 13.5. The summed E-state index contributed by atoms with van der Waals surface area (Å²) in [5, 5.41) is 13.8. The molecule has 24 heavy (non-hydrogen) atoms. The van der Waals surface area contributed by atoms with Crippen LogP contribution in [0.25, 0.3) is 0 Å². The minimum atomic E-state index is -0.966. The zero-order chi connectivity index (χ0) is 17.4. The van der Waals surface area contributed by atoms with E-state index in [2.05, 4.69) is 5.16 Å². The van der Waals surface area contributed by atoms with E-state index in [9.17, 15) is 18.7 Å². The molecule has 2 atom stereocenters. The molecule has 1 N–H and O–H groups in total. The van der Waals surface area contributed by atoms with Crippen molar-refractivity contribution >= 4 is 5.91 Å². The van der Waals surface area contributed by atoms with Gasteiger partial charge in [0.05, 0.1) is 24.3 Å². The van der Waals surface area contributed by atoms with Crippen molar-refractivity contribution in [2.45, 2.75) is 38.8 Å². The summed E-state index contributed by atoms with van der Waals surface area (Å²) in [5.41, 5.74) is 1.83. The molecule has 0 saturated carbocycles. The second-order valence-corrected chi connectivity index (χ2v) is 6.10. The van der Waals surface area contributed by atoms with Crippen molar-refractivity contribution < 1.29 is 23.2 Å². The van der Waals surface area contributed by atoms with E-state index in [4.69, 9.17) is 4.52 Å². The van der Waals surface area contributed by atoms with Gasteiger partial charge in [-0.15, -0.1) is 0 Å². The van der Waals surface area contributed by atoms with Crippen LogP contribution < -0.4 is 0 Å². The molecule has 7 heteroatoms. The summed E-state index contributed by atoms with van der Waals surface area (Å²) in [6.07, 6.45) is -0.316.